The fourth-order valence-corrected chi connectivity index (χ4v) is 3.31. The minimum Gasteiger partial charge on any atom is -0.466 e. The Hall–Kier alpha value is -0.530. The number of carbonyl (C=O) groups excluding carboxylic acids is 1. The van der Waals surface area contributed by atoms with Crippen LogP contribution in [-0.2, 0) is 9.53 Å². The molecule has 0 aromatic rings. The van der Waals surface area contributed by atoms with E-state index in [4.69, 9.17) is 4.74 Å². The molecule has 0 atom stereocenters. The predicted octanol–water partition coefficient (Wildman–Crippen LogP) is 7.20. The average Bonchev–Trinajstić information content (AvgIpc) is 3.40. The van der Waals surface area contributed by atoms with Gasteiger partial charge in [0.15, 0.2) is 0 Å². The lowest BCUT2D eigenvalue weighted by molar-refractivity contribution is -0.143. The van der Waals surface area contributed by atoms with Crippen LogP contribution in [0.4, 0.5) is 0 Å². The molecule has 0 bridgehead atoms. The van der Waals surface area contributed by atoms with Crippen molar-refractivity contribution < 1.29 is 9.53 Å². The van der Waals surface area contributed by atoms with Gasteiger partial charge in [-0.25, -0.2) is 0 Å². The van der Waals surface area contributed by atoms with Crippen LogP contribution in [0, 0.1) is 5.92 Å². The molecular weight excluding hydrogens is 296 g/mol. The van der Waals surface area contributed by atoms with E-state index in [9.17, 15) is 4.79 Å². The number of rotatable bonds is 18. The highest BCUT2D eigenvalue weighted by Crippen LogP contribution is 2.34. The van der Waals surface area contributed by atoms with E-state index in [1.165, 1.54) is 96.3 Å². The summed E-state index contributed by atoms with van der Waals surface area (Å²) in [5.41, 5.74) is 0. The van der Waals surface area contributed by atoms with Gasteiger partial charge in [-0.05, 0) is 18.8 Å². The van der Waals surface area contributed by atoms with E-state index in [1.54, 1.807) is 0 Å². The number of ether oxygens (including phenoxy) is 1. The van der Waals surface area contributed by atoms with Crippen molar-refractivity contribution in [3.8, 4) is 0 Å². The quantitative estimate of drug-likeness (QED) is 0.195. The van der Waals surface area contributed by atoms with Crippen LogP contribution >= 0.6 is 0 Å². The van der Waals surface area contributed by atoms with E-state index in [0.29, 0.717) is 13.0 Å². The van der Waals surface area contributed by atoms with E-state index < -0.39 is 0 Å². The molecule has 0 saturated heterocycles. The first-order valence-electron chi connectivity index (χ1n) is 11.0. The molecule has 0 N–H and O–H groups in total. The van der Waals surface area contributed by atoms with E-state index in [2.05, 4.69) is 6.92 Å². The normalized spacial score (nSPS) is 14.0. The fraction of sp³-hybridized carbons (Fsp3) is 0.955. The Labute approximate surface area is 151 Å². The first-order chi connectivity index (χ1) is 11.8. The first-order valence-corrected chi connectivity index (χ1v) is 11.0. The lowest BCUT2D eigenvalue weighted by Gasteiger charge is -2.05. The maximum atomic E-state index is 11.6. The predicted molar refractivity (Wildman–Crippen MR) is 103 cm³/mol. The Kier molecular flexibility index (Phi) is 14.3. The number of hydrogen-bond donors (Lipinski definition) is 0. The summed E-state index contributed by atoms with van der Waals surface area (Å²) in [4.78, 5) is 11.6. The van der Waals surface area contributed by atoms with Crippen LogP contribution in [0.15, 0.2) is 0 Å². The highest BCUT2D eigenvalue weighted by molar-refractivity contribution is 5.69. The minimum absolute atomic E-state index is 0.0118. The Morgan fingerprint density at radius 1 is 0.750 bits per heavy atom. The van der Waals surface area contributed by atoms with Gasteiger partial charge >= 0.3 is 5.97 Å². The molecule has 1 aliphatic carbocycles. The monoisotopic (exact) mass is 338 g/mol. The molecule has 1 fully saturated rings. The molecule has 1 aliphatic rings. The summed E-state index contributed by atoms with van der Waals surface area (Å²) < 4.78 is 5.31. The van der Waals surface area contributed by atoms with E-state index in [0.717, 1.165) is 18.8 Å². The smallest absolute Gasteiger partial charge is 0.305 e. The van der Waals surface area contributed by atoms with Crippen molar-refractivity contribution in [1.29, 1.82) is 0 Å². The SMILES string of the molecule is CCCCCCCC(=O)OCCCCCCCCCCCC1CC1. The van der Waals surface area contributed by atoms with Crippen molar-refractivity contribution in [2.45, 2.75) is 122 Å². The molecule has 0 amide bonds. The lowest BCUT2D eigenvalue weighted by Crippen LogP contribution is -2.05. The summed E-state index contributed by atoms with van der Waals surface area (Å²) in [7, 11) is 0. The molecule has 1 rings (SSSR count). The molecule has 0 spiro atoms. The van der Waals surface area contributed by atoms with Crippen LogP contribution in [0.2, 0.25) is 0 Å². The van der Waals surface area contributed by atoms with Gasteiger partial charge < -0.3 is 4.74 Å². The van der Waals surface area contributed by atoms with Gasteiger partial charge in [-0.2, -0.15) is 0 Å². The molecule has 0 aromatic heterocycles. The van der Waals surface area contributed by atoms with Crippen LogP contribution in [0.3, 0.4) is 0 Å². The summed E-state index contributed by atoms with van der Waals surface area (Å²) in [6.07, 6.45) is 23.2. The molecule has 142 valence electrons. The number of carbonyl (C=O) groups is 1. The molecule has 0 heterocycles. The van der Waals surface area contributed by atoms with Gasteiger partial charge in [-0.3, -0.25) is 4.79 Å². The zero-order valence-electron chi connectivity index (χ0n) is 16.3. The number of esters is 1. The van der Waals surface area contributed by atoms with Crippen molar-refractivity contribution >= 4 is 5.97 Å². The molecule has 0 radical (unpaired) electrons. The number of hydrogen-bond acceptors (Lipinski definition) is 2. The van der Waals surface area contributed by atoms with Gasteiger partial charge in [0.1, 0.15) is 0 Å². The second-order valence-electron chi connectivity index (χ2n) is 7.80. The largest absolute Gasteiger partial charge is 0.466 e. The second kappa shape index (κ2) is 16.0. The molecule has 0 unspecified atom stereocenters. The van der Waals surface area contributed by atoms with Crippen molar-refractivity contribution in [3.05, 3.63) is 0 Å². The van der Waals surface area contributed by atoms with Gasteiger partial charge in [-0.15, -0.1) is 0 Å². The van der Waals surface area contributed by atoms with Crippen molar-refractivity contribution in [2.75, 3.05) is 6.61 Å². The molecule has 1 saturated carbocycles. The van der Waals surface area contributed by atoms with Crippen LogP contribution in [-0.4, -0.2) is 12.6 Å². The summed E-state index contributed by atoms with van der Waals surface area (Å²) in [6, 6.07) is 0. The van der Waals surface area contributed by atoms with Gasteiger partial charge in [0.05, 0.1) is 6.61 Å². The van der Waals surface area contributed by atoms with Gasteiger partial charge in [0, 0.05) is 6.42 Å². The zero-order valence-corrected chi connectivity index (χ0v) is 16.3. The van der Waals surface area contributed by atoms with E-state index >= 15 is 0 Å². The second-order valence-corrected chi connectivity index (χ2v) is 7.80. The molecule has 2 heteroatoms. The molecule has 0 aromatic carbocycles. The minimum atomic E-state index is 0.0118. The Bertz CT molecular complexity index is 284. The Balaban J connectivity index is 1.68. The third kappa shape index (κ3) is 15.0. The van der Waals surface area contributed by atoms with Crippen molar-refractivity contribution in [3.63, 3.8) is 0 Å². The highest BCUT2D eigenvalue weighted by atomic mass is 16.5. The van der Waals surface area contributed by atoms with Crippen LogP contribution in [0.1, 0.15) is 122 Å². The maximum Gasteiger partial charge on any atom is 0.305 e. The standard InChI is InChI=1S/C22H42O2/c1-2-3-4-10-14-17-22(23)24-20-15-12-9-7-5-6-8-11-13-16-21-18-19-21/h21H,2-20H2,1H3. The van der Waals surface area contributed by atoms with Gasteiger partial charge in [-0.1, -0.05) is 103 Å². The fourth-order valence-electron chi connectivity index (χ4n) is 3.31. The van der Waals surface area contributed by atoms with Crippen LogP contribution in [0.25, 0.3) is 0 Å². The third-order valence-electron chi connectivity index (χ3n) is 5.20. The van der Waals surface area contributed by atoms with E-state index in [-0.39, 0.29) is 5.97 Å². The molecule has 0 aliphatic heterocycles. The van der Waals surface area contributed by atoms with E-state index in [1.807, 2.05) is 0 Å². The van der Waals surface area contributed by atoms with Gasteiger partial charge in [0.2, 0.25) is 0 Å². The number of unbranched alkanes of at least 4 members (excludes halogenated alkanes) is 12. The van der Waals surface area contributed by atoms with Gasteiger partial charge in [0.25, 0.3) is 0 Å². The van der Waals surface area contributed by atoms with Crippen molar-refractivity contribution in [1.82, 2.24) is 0 Å². The molecule has 24 heavy (non-hydrogen) atoms. The summed E-state index contributed by atoms with van der Waals surface area (Å²) in [5, 5.41) is 0. The first kappa shape index (κ1) is 21.5. The van der Waals surface area contributed by atoms with Crippen LogP contribution in [0.5, 0.6) is 0 Å². The zero-order chi connectivity index (χ0) is 17.3. The highest BCUT2D eigenvalue weighted by Gasteiger charge is 2.19. The molecule has 2 nitrogen and oxygen atoms in total. The summed E-state index contributed by atoms with van der Waals surface area (Å²) in [6.45, 7) is 2.85. The summed E-state index contributed by atoms with van der Waals surface area (Å²) in [5.74, 6) is 1.12. The topological polar surface area (TPSA) is 26.3 Å². The third-order valence-corrected chi connectivity index (χ3v) is 5.20. The molecular formula is C22H42O2. The van der Waals surface area contributed by atoms with Crippen molar-refractivity contribution in [2.24, 2.45) is 5.92 Å². The lowest BCUT2D eigenvalue weighted by atomic mass is 10.1. The Morgan fingerprint density at radius 2 is 1.29 bits per heavy atom. The summed E-state index contributed by atoms with van der Waals surface area (Å²) >= 11 is 0. The maximum absolute atomic E-state index is 11.6. The average molecular weight is 339 g/mol. The van der Waals surface area contributed by atoms with Crippen LogP contribution < -0.4 is 0 Å². The Morgan fingerprint density at radius 3 is 1.92 bits per heavy atom.